The third kappa shape index (κ3) is 4.25. The van der Waals surface area contributed by atoms with Crippen molar-refractivity contribution in [2.75, 3.05) is 0 Å². The summed E-state index contributed by atoms with van der Waals surface area (Å²) in [6.45, 7) is 2.87. The summed E-state index contributed by atoms with van der Waals surface area (Å²) in [5, 5.41) is 3.31. The van der Waals surface area contributed by atoms with Gasteiger partial charge in [-0.25, -0.2) is 4.98 Å². The molecule has 0 bridgehead atoms. The minimum atomic E-state index is 0.0578. The van der Waals surface area contributed by atoms with Gasteiger partial charge in [-0.15, -0.1) is 0 Å². The normalized spacial score (nSPS) is 16.7. The summed E-state index contributed by atoms with van der Waals surface area (Å²) in [5.41, 5.74) is 1.18. The minimum Gasteiger partial charge on any atom is -0.349 e. The first-order valence-electron chi connectivity index (χ1n) is 9.07. The van der Waals surface area contributed by atoms with Crippen LogP contribution in [0.3, 0.4) is 0 Å². The van der Waals surface area contributed by atoms with Gasteiger partial charge in [0.2, 0.25) is 5.91 Å². The lowest BCUT2D eigenvalue weighted by Crippen LogP contribution is -2.35. The Balaban J connectivity index is 1.67. The van der Waals surface area contributed by atoms with Crippen LogP contribution in [0.15, 0.2) is 42.7 Å². The molecule has 0 radical (unpaired) electrons. The lowest BCUT2D eigenvalue weighted by atomic mass is 9.88. The number of hydrogen-bond donors (Lipinski definition) is 1. The number of amides is 1. The standard InChI is InChI=1S/C20H27N3O/c1-16-21-13-15-23(16)14-12-19(17-8-4-2-5-9-17)22-20(24)18-10-6-3-7-11-18/h2,4-5,8-9,13,15,18-19H,3,6-7,10-12,14H2,1H3,(H,22,24)/t19-/m1/s1. The Labute approximate surface area is 144 Å². The molecule has 1 aromatic carbocycles. The molecule has 0 spiro atoms. The van der Waals surface area contributed by atoms with Crippen molar-refractivity contribution in [3.8, 4) is 0 Å². The van der Waals surface area contributed by atoms with Crippen LogP contribution in [0, 0.1) is 12.8 Å². The minimum absolute atomic E-state index is 0.0578. The van der Waals surface area contributed by atoms with Gasteiger partial charge in [0, 0.05) is 24.9 Å². The van der Waals surface area contributed by atoms with Gasteiger partial charge in [-0.2, -0.15) is 0 Å². The molecule has 1 atom stereocenters. The van der Waals surface area contributed by atoms with Crippen LogP contribution in [0.25, 0.3) is 0 Å². The maximum absolute atomic E-state index is 12.7. The maximum atomic E-state index is 12.7. The number of imidazole rings is 1. The zero-order valence-corrected chi connectivity index (χ0v) is 14.4. The Kier molecular flexibility index (Phi) is 5.68. The van der Waals surface area contributed by atoms with Gasteiger partial charge in [0.05, 0.1) is 6.04 Å². The van der Waals surface area contributed by atoms with E-state index in [1.54, 1.807) is 0 Å². The SMILES string of the molecule is Cc1nccn1CC[C@@H](NC(=O)C1CCCCC1)c1ccccc1. The maximum Gasteiger partial charge on any atom is 0.223 e. The molecule has 1 aliphatic rings. The van der Waals surface area contributed by atoms with Crippen LogP contribution in [0.2, 0.25) is 0 Å². The molecular formula is C20H27N3O. The highest BCUT2D eigenvalue weighted by Crippen LogP contribution is 2.25. The Morgan fingerprint density at radius 2 is 2.00 bits per heavy atom. The summed E-state index contributed by atoms with van der Waals surface area (Å²) in [6, 6.07) is 10.4. The molecule has 0 unspecified atom stereocenters. The molecule has 0 saturated heterocycles. The van der Waals surface area contributed by atoms with Gasteiger partial charge in [-0.3, -0.25) is 4.79 Å². The molecule has 3 rings (SSSR count). The summed E-state index contributed by atoms with van der Waals surface area (Å²) in [4.78, 5) is 17.0. The Morgan fingerprint density at radius 3 is 2.67 bits per heavy atom. The summed E-state index contributed by atoms with van der Waals surface area (Å²) in [6.07, 6.45) is 10.4. The van der Waals surface area contributed by atoms with Crippen LogP contribution in [0.1, 0.15) is 56.0 Å². The number of aryl methyl sites for hydroxylation is 2. The number of carbonyl (C=O) groups excluding carboxylic acids is 1. The fourth-order valence-electron chi connectivity index (χ4n) is 3.57. The number of aromatic nitrogens is 2. The zero-order valence-electron chi connectivity index (χ0n) is 14.4. The van der Waals surface area contributed by atoms with Crippen LogP contribution >= 0.6 is 0 Å². The molecule has 2 aromatic rings. The van der Waals surface area contributed by atoms with Gasteiger partial charge in [-0.1, -0.05) is 49.6 Å². The lowest BCUT2D eigenvalue weighted by molar-refractivity contribution is -0.126. The molecular weight excluding hydrogens is 298 g/mol. The van der Waals surface area contributed by atoms with Gasteiger partial charge >= 0.3 is 0 Å². The van der Waals surface area contributed by atoms with Crippen molar-refractivity contribution in [3.63, 3.8) is 0 Å². The van der Waals surface area contributed by atoms with Crippen molar-refractivity contribution in [1.82, 2.24) is 14.9 Å². The Bertz CT molecular complexity index is 644. The number of benzene rings is 1. The fraction of sp³-hybridized carbons (Fsp3) is 0.500. The van der Waals surface area contributed by atoms with Gasteiger partial charge in [0.25, 0.3) is 0 Å². The Morgan fingerprint density at radius 1 is 1.25 bits per heavy atom. The molecule has 1 aliphatic carbocycles. The van der Waals surface area contributed by atoms with E-state index in [1.165, 1.54) is 24.8 Å². The van der Waals surface area contributed by atoms with E-state index < -0.39 is 0 Å². The molecule has 1 fully saturated rings. The van der Waals surface area contributed by atoms with Crippen LogP contribution in [0.5, 0.6) is 0 Å². The molecule has 4 nitrogen and oxygen atoms in total. The second-order valence-electron chi connectivity index (χ2n) is 6.76. The van der Waals surface area contributed by atoms with Gasteiger partial charge < -0.3 is 9.88 Å². The fourth-order valence-corrected chi connectivity index (χ4v) is 3.57. The number of nitrogens with one attached hydrogen (secondary N) is 1. The van der Waals surface area contributed by atoms with E-state index in [2.05, 4.69) is 27.0 Å². The summed E-state index contributed by atoms with van der Waals surface area (Å²) in [5.74, 6) is 1.44. The first kappa shape index (κ1) is 16.7. The van der Waals surface area contributed by atoms with Crippen LogP contribution in [-0.2, 0) is 11.3 Å². The monoisotopic (exact) mass is 325 g/mol. The molecule has 1 amide bonds. The molecule has 1 saturated carbocycles. The van der Waals surface area contributed by atoms with Crippen LogP contribution in [-0.4, -0.2) is 15.5 Å². The van der Waals surface area contributed by atoms with Crippen molar-refractivity contribution in [1.29, 1.82) is 0 Å². The number of carbonyl (C=O) groups is 1. The highest BCUT2D eigenvalue weighted by Gasteiger charge is 2.24. The average molecular weight is 325 g/mol. The van der Waals surface area contributed by atoms with Crippen molar-refractivity contribution in [2.24, 2.45) is 5.92 Å². The third-order valence-electron chi connectivity index (χ3n) is 5.08. The highest BCUT2D eigenvalue weighted by atomic mass is 16.1. The smallest absolute Gasteiger partial charge is 0.223 e. The Hall–Kier alpha value is -2.10. The van der Waals surface area contributed by atoms with Crippen molar-refractivity contribution in [3.05, 3.63) is 54.1 Å². The van der Waals surface area contributed by atoms with Gasteiger partial charge in [-0.05, 0) is 31.7 Å². The van der Waals surface area contributed by atoms with Crippen molar-refractivity contribution >= 4 is 5.91 Å². The van der Waals surface area contributed by atoms with Crippen molar-refractivity contribution < 1.29 is 4.79 Å². The molecule has 128 valence electrons. The number of nitrogens with zero attached hydrogens (tertiary/aromatic N) is 2. The number of rotatable bonds is 6. The molecule has 1 aromatic heterocycles. The largest absolute Gasteiger partial charge is 0.349 e. The van der Waals surface area contributed by atoms with Gasteiger partial charge in [0.1, 0.15) is 5.82 Å². The number of hydrogen-bond acceptors (Lipinski definition) is 2. The topological polar surface area (TPSA) is 46.9 Å². The van der Waals surface area contributed by atoms with E-state index in [9.17, 15) is 4.79 Å². The molecule has 1 heterocycles. The lowest BCUT2D eigenvalue weighted by Gasteiger charge is -2.25. The molecule has 4 heteroatoms. The van der Waals surface area contributed by atoms with Gasteiger partial charge in [0.15, 0.2) is 0 Å². The summed E-state index contributed by atoms with van der Waals surface area (Å²) < 4.78 is 2.14. The predicted octanol–water partition coefficient (Wildman–Crippen LogP) is 4.02. The predicted molar refractivity (Wildman–Crippen MR) is 95.5 cm³/mol. The summed E-state index contributed by atoms with van der Waals surface area (Å²) in [7, 11) is 0. The first-order valence-corrected chi connectivity index (χ1v) is 9.07. The van der Waals surface area contributed by atoms with E-state index in [1.807, 2.05) is 37.5 Å². The van der Waals surface area contributed by atoms with E-state index >= 15 is 0 Å². The van der Waals surface area contributed by atoms with Crippen molar-refractivity contribution in [2.45, 2.75) is 58.0 Å². The van der Waals surface area contributed by atoms with E-state index in [4.69, 9.17) is 0 Å². The first-order chi connectivity index (χ1) is 11.7. The van der Waals surface area contributed by atoms with E-state index in [0.29, 0.717) is 0 Å². The second kappa shape index (κ2) is 8.13. The third-order valence-corrected chi connectivity index (χ3v) is 5.08. The van der Waals surface area contributed by atoms with Crippen LogP contribution in [0.4, 0.5) is 0 Å². The molecule has 24 heavy (non-hydrogen) atoms. The van der Waals surface area contributed by atoms with Crippen LogP contribution < -0.4 is 5.32 Å². The van der Waals surface area contributed by atoms with E-state index in [-0.39, 0.29) is 17.9 Å². The molecule has 0 aliphatic heterocycles. The highest BCUT2D eigenvalue weighted by molar-refractivity contribution is 5.79. The zero-order chi connectivity index (χ0) is 16.8. The van der Waals surface area contributed by atoms with E-state index in [0.717, 1.165) is 31.6 Å². The molecule has 1 N–H and O–H groups in total. The average Bonchev–Trinajstić information content (AvgIpc) is 3.05. The quantitative estimate of drug-likeness (QED) is 0.872. The summed E-state index contributed by atoms with van der Waals surface area (Å²) >= 11 is 0. The second-order valence-corrected chi connectivity index (χ2v) is 6.76.